The van der Waals surface area contributed by atoms with Gasteiger partial charge in [-0.25, -0.2) is 8.42 Å². The number of aryl methyl sites for hydroxylation is 1. The largest absolute Gasteiger partial charge is 0.382 e. The number of nitrogen functional groups attached to an aromatic ring is 1. The predicted octanol–water partition coefficient (Wildman–Crippen LogP) is 0.783. The molecule has 0 bridgehead atoms. The first kappa shape index (κ1) is 13.8. The van der Waals surface area contributed by atoms with Crippen molar-refractivity contribution in [2.24, 2.45) is 7.05 Å². The van der Waals surface area contributed by atoms with Gasteiger partial charge in [-0.2, -0.15) is 9.47 Å². The molecule has 0 aliphatic carbocycles. The maximum absolute atomic E-state index is 11.6. The second-order valence-electron chi connectivity index (χ2n) is 4.23. The van der Waals surface area contributed by atoms with E-state index < -0.39 is 9.84 Å². The average Bonchev–Trinajstić information content (AvgIpc) is 2.82. The summed E-state index contributed by atoms with van der Waals surface area (Å²) in [5.74, 6) is 0.0397. The van der Waals surface area contributed by atoms with Crippen LogP contribution in [0, 0.1) is 6.92 Å². The van der Waals surface area contributed by atoms with Gasteiger partial charge < -0.3 is 11.1 Å². The summed E-state index contributed by atoms with van der Waals surface area (Å²) in [4.78, 5) is 0.0686. The van der Waals surface area contributed by atoms with Gasteiger partial charge >= 0.3 is 0 Å². The quantitative estimate of drug-likeness (QED) is 0.865. The van der Waals surface area contributed by atoms with Crippen LogP contribution in [-0.4, -0.2) is 28.8 Å². The number of hydrogen-bond acceptors (Lipinski definition) is 7. The second kappa shape index (κ2) is 4.82. The summed E-state index contributed by atoms with van der Waals surface area (Å²) < 4.78 is 28.9. The van der Waals surface area contributed by atoms with Gasteiger partial charge in [0.15, 0.2) is 15.7 Å². The van der Waals surface area contributed by atoms with Gasteiger partial charge in [-0.15, -0.1) is 0 Å². The molecule has 0 aromatic carbocycles. The van der Waals surface area contributed by atoms with Crippen LogP contribution in [0.3, 0.4) is 0 Å². The summed E-state index contributed by atoms with van der Waals surface area (Å²) >= 11 is 1.04. The minimum Gasteiger partial charge on any atom is -0.382 e. The van der Waals surface area contributed by atoms with Gasteiger partial charge in [0, 0.05) is 31.1 Å². The summed E-state index contributed by atoms with van der Waals surface area (Å²) in [5, 5.41) is 7.64. The smallest absolute Gasteiger partial charge is 0.182 e. The van der Waals surface area contributed by atoms with Crippen molar-refractivity contribution in [2.45, 2.75) is 18.4 Å². The lowest BCUT2D eigenvalue weighted by molar-refractivity contribution is 0.602. The molecule has 0 amide bonds. The van der Waals surface area contributed by atoms with Crippen LogP contribution in [0.5, 0.6) is 0 Å². The SMILES string of the molecule is Cc1c(CNc2snc(N)c2S(C)(=O)=O)cnn1C. The fourth-order valence-corrected chi connectivity index (χ4v) is 3.72. The van der Waals surface area contributed by atoms with E-state index in [1.807, 2.05) is 14.0 Å². The molecule has 19 heavy (non-hydrogen) atoms. The summed E-state index contributed by atoms with van der Waals surface area (Å²) in [7, 11) is -1.54. The van der Waals surface area contributed by atoms with Crippen molar-refractivity contribution in [3.8, 4) is 0 Å². The molecule has 0 spiro atoms. The minimum atomic E-state index is -3.39. The fraction of sp³-hybridized carbons (Fsp3) is 0.400. The molecule has 0 saturated carbocycles. The number of rotatable bonds is 4. The zero-order valence-electron chi connectivity index (χ0n) is 10.8. The summed E-state index contributed by atoms with van der Waals surface area (Å²) in [5.41, 5.74) is 7.61. The Kier molecular flexibility index (Phi) is 3.50. The van der Waals surface area contributed by atoms with Gasteiger partial charge in [-0.3, -0.25) is 4.68 Å². The highest BCUT2D eigenvalue weighted by Gasteiger charge is 2.21. The fourth-order valence-electron chi connectivity index (χ4n) is 1.66. The molecular formula is C10H15N5O2S2. The Balaban J connectivity index is 2.24. The van der Waals surface area contributed by atoms with E-state index in [1.54, 1.807) is 10.9 Å². The average molecular weight is 301 g/mol. The lowest BCUT2D eigenvalue weighted by atomic mass is 10.2. The maximum Gasteiger partial charge on any atom is 0.182 e. The van der Waals surface area contributed by atoms with Crippen LogP contribution in [-0.2, 0) is 23.4 Å². The van der Waals surface area contributed by atoms with Gasteiger partial charge in [-0.1, -0.05) is 0 Å². The van der Waals surface area contributed by atoms with Gasteiger partial charge in [0.05, 0.1) is 6.20 Å². The number of nitrogens with two attached hydrogens (primary N) is 1. The molecule has 2 rings (SSSR count). The topological polar surface area (TPSA) is 103 Å². The lowest BCUT2D eigenvalue weighted by Gasteiger charge is -2.05. The molecule has 0 atom stereocenters. The van der Waals surface area contributed by atoms with Crippen LogP contribution in [0.1, 0.15) is 11.3 Å². The third kappa shape index (κ3) is 2.71. The monoisotopic (exact) mass is 301 g/mol. The van der Waals surface area contributed by atoms with Crippen molar-refractivity contribution in [1.29, 1.82) is 0 Å². The Morgan fingerprint density at radius 1 is 1.53 bits per heavy atom. The normalized spacial score (nSPS) is 11.7. The van der Waals surface area contributed by atoms with E-state index in [9.17, 15) is 8.42 Å². The first-order valence-electron chi connectivity index (χ1n) is 5.47. The molecule has 7 nitrogen and oxygen atoms in total. The highest BCUT2D eigenvalue weighted by atomic mass is 32.2. The Labute approximate surface area is 115 Å². The van der Waals surface area contributed by atoms with Crippen molar-refractivity contribution in [3.63, 3.8) is 0 Å². The van der Waals surface area contributed by atoms with Crippen molar-refractivity contribution >= 4 is 32.2 Å². The predicted molar refractivity (Wildman–Crippen MR) is 74.9 cm³/mol. The van der Waals surface area contributed by atoms with Gasteiger partial charge in [0.25, 0.3) is 0 Å². The Morgan fingerprint density at radius 2 is 2.21 bits per heavy atom. The highest BCUT2D eigenvalue weighted by molar-refractivity contribution is 7.91. The third-order valence-corrected chi connectivity index (χ3v) is 4.92. The zero-order chi connectivity index (χ0) is 14.2. The first-order valence-corrected chi connectivity index (χ1v) is 8.13. The van der Waals surface area contributed by atoms with Crippen molar-refractivity contribution < 1.29 is 8.42 Å². The number of aromatic nitrogens is 3. The van der Waals surface area contributed by atoms with E-state index in [2.05, 4.69) is 14.8 Å². The molecule has 3 N–H and O–H groups in total. The standard InChI is InChI=1S/C10H15N5O2S2/c1-6-7(5-13-15(6)2)4-12-10-8(19(3,16)17)9(11)14-18-10/h5,12H,4H2,1-3H3,(H2,11,14). The van der Waals surface area contributed by atoms with E-state index in [0.29, 0.717) is 11.5 Å². The van der Waals surface area contributed by atoms with Gasteiger partial charge in [0.2, 0.25) is 0 Å². The molecule has 2 heterocycles. The van der Waals surface area contributed by atoms with Crippen LogP contribution in [0.15, 0.2) is 11.1 Å². The molecule has 0 saturated heterocycles. The van der Waals surface area contributed by atoms with E-state index in [1.165, 1.54) is 0 Å². The zero-order valence-corrected chi connectivity index (χ0v) is 12.5. The van der Waals surface area contributed by atoms with Crippen molar-refractivity contribution in [3.05, 3.63) is 17.5 Å². The number of anilines is 2. The molecule has 0 aliphatic heterocycles. The van der Waals surface area contributed by atoms with Gasteiger partial charge in [0.1, 0.15) is 9.90 Å². The van der Waals surface area contributed by atoms with Crippen LogP contribution in [0.4, 0.5) is 10.8 Å². The second-order valence-corrected chi connectivity index (χ2v) is 6.96. The van der Waals surface area contributed by atoms with E-state index in [4.69, 9.17) is 5.73 Å². The van der Waals surface area contributed by atoms with E-state index in [0.717, 1.165) is 29.0 Å². The highest BCUT2D eigenvalue weighted by Crippen LogP contribution is 2.31. The number of nitrogens with zero attached hydrogens (tertiary/aromatic N) is 3. The lowest BCUT2D eigenvalue weighted by Crippen LogP contribution is -2.06. The number of hydrogen-bond donors (Lipinski definition) is 2. The Bertz CT molecular complexity index is 702. The van der Waals surface area contributed by atoms with Crippen molar-refractivity contribution in [1.82, 2.24) is 14.2 Å². The Hall–Kier alpha value is -1.61. The van der Waals surface area contributed by atoms with Crippen molar-refractivity contribution in [2.75, 3.05) is 17.3 Å². The Morgan fingerprint density at radius 3 is 2.74 bits per heavy atom. The molecule has 2 aromatic heterocycles. The van der Waals surface area contributed by atoms with Crippen LogP contribution >= 0.6 is 11.5 Å². The van der Waals surface area contributed by atoms with Crippen LogP contribution in [0.25, 0.3) is 0 Å². The minimum absolute atomic E-state index is 0.0397. The summed E-state index contributed by atoms with van der Waals surface area (Å²) in [6, 6.07) is 0. The molecule has 2 aromatic rings. The third-order valence-electron chi connectivity index (χ3n) is 2.82. The maximum atomic E-state index is 11.6. The van der Waals surface area contributed by atoms with Crippen LogP contribution < -0.4 is 11.1 Å². The molecule has 0 unspecified atom stereocenters. The molecule has 0 fully saturated rings. The first-order chi connectivity index (χ1) is 8.80. The molecule has 0 aliphatic rings. The summed E-state index contributed by atoms with van der Waals surface area (Å²) in [6.07, 6.45) is 2.86. The van der Waals surface area contributed by atoms with Crippen LogP contribution in [0.2, 0.25) is 0 Å². The molecule has 9 heteroatoms. The summed E-state index contributed by atoms with van der Waals surface area (Å²) in [6.45, 7) is 2.42. The van der Waals surface area contributed by atoms with E-state index >= 15 is 0 Å². The van der Waals surface area contributed by atoms with E-state index in [-0.39, 0.29) is 10.7 Å². The number of sulfone groups is 1. The van der Waals surface area contributed by atoms with Gasteiger partial charge in [-0.05, 0) is 18.5 Å². The molecule has 0 radical (unpaired) electrons. The number of nitrogens with one attached hydrogen (secondary N) is 1. The molecule has 104 valence electrons. The molecular weight excluding hydrogens is 286 g/mol.